The summed E-state index contributed by atoms with van der Waals surface area (Å²) in [6.45, 7) is 2.11. The molecule has 1 aromatic heterocycles. The van der Waals surface area contributed by atoms with Gasteiger partial charge < -0.3 is 5.32 Å². The SMILES string of the molecule is CC(Nc1cc(Br)ccc1I)c1ccccn1. The smallest absolute Gasteiger partial charge is 0.0657 e. The van der Waals surface area contributed by atoms with Crippen LogP contribution in [-0.2, 0) is 0 Å². The first-order valence-corrected chi connectivity index (χ1v) is 7.16. The Hall–Kier alpha value is -0.620. The highest BCUT2D eigenvalue weighted by Gasteiger charge is 2.08. The molecule has 4 heteroatoms. The van der Waals surface area contributed by atoms with Crippen molar-refractivity contribution in [1.29, 1.82) is 0 Å². The lowest BCUT2D eigenvalue weighted by Gasteiger charge is -2.16. The van der Waals surface area contributed by atoms with E-state index in [0.717, 1.165) is 15.9 Å². The van der Waals surface area contributed by atoms with Crippen molar-refractivity contribution < 1.29 is 0 Å². The van der Waals surface area contributed by atoms with Crippen molar-refractivity contribution in [2.24, 2.45) is 0 Å². The van der Waals surface area contributed by atoms with Crippen LogP contribution >= 0.6 is 38.5 Å². The molecular formula is C13H12BrIN2. The average Bonchev–Trinajstić information content (AvgIpc) is 2.35. The molecule has 1 N–H and O–H groups in total. The highest BCUT2D eigenvalue weighted by atomic mass is 127. The molecule has 0 fully saturated rings. The summed E-state index contributed by atoms with van der Waals surface area (Å²) in [6.07, 6.45) is 1.82. The standard InChI is InChI=1S/C13H12BrIN2/c1-9(12-4-2-3-7-16-12)17-13-8-10(14)5-6-11(13)15/h2-9,17H,1H3. The Kier molecular flexibility index (Phi) is 4.39. The molecule has 2 rings (SSSR count). The van der Waals surface area contributed by atoms with Gasteiger partial charge in [-0.15, -0.1) is 0 Å². The fourth-order valence-corrected chi connectivity index (χ4v) is 2.40. The quantitative estimate of drug-likeness (QED) is 0.757. The van der Waals surface area contributed by atoms with Crippen molar-refractivity contribution in [1.82, 2.24) is 4.98 Å². The maximum atomic E-state index is 4.35. The molecule has 0 bridgehead atoms. The van der Waals surface area contributed by atoms with E-state index in [1.54, 1.807) is 0 Å². The van der Waals surface area contributed by atoms with E-state index in [2.05, 4.69) is 67.9 Å². The van der Waals surface area contributed by atoms with Crippen molar-refractivity contribution in [2.75, 3.05) is 5.32 Å². The Morgan fingerprint density at radius 1 is 1.29 bits per heavy atom. The topological polar surface area (TPSA) is 24.9 Å². The molecule has 1 aromatic carbocycles. The molecule has 2 nitrogen and oxygen atoms in total. The molecular weight excluding hydrogens is 391 g/mol. The summed E-state index contributed by atoms with van der Waals surface area (Å²) in [5, 5.41) is 3.47. The molecule has 1 unspecified atom stereocenters. The fourth-order valence-electron chi connectivity index (χ4n) is 1.55. The molecule has 0 saturated heterocycles. The van der Waals surface area contributed by atoms with Crippen molar-refractivity contribution in [3.05, 3.63) is 56.3 Å². The van der Waals surface area contributed by atoms with Gasteiger partial charge in [0.05, 0.1) is 11.7 Å². The molecule has 88 valence electrons. The van der Waals surface area contributed by atoms with Crippen LogP contribution in [0, 0.1) is 3.57 Å². The number of halogens is 2. The third kappa shape index (κ3) is 3.42. The third-order valence-electron chi connectivity index (χ3n) is 2.43. The molecule has 0 aliphatic carbocycles. The number of nitrogens with one attached hydrogen (secondary N) is 1. The predicted molar refractivity (Wildman–Crippen MR) is 83.1 cm³/mol. The van der Waals surface area contributed by atoms with E-state index < -0.39 is 0 Å². The van der Waals surface area contributed by atoms with Gasteiger partial charge in [0.15, 0.2) is 0 Å². The second-order valence-corrected chi connectivity index (χ2v) is 5.82. The summed E-state index contributed by atoms with van der Waals surface area (Å²) in [5.74, 6) is 0. The Bertz CT molecular complexity index is 502. The Labute approximate surface area is 123 Å². The first-order chi connectivity index (χ1) is 8.16. The zero-order valence-corrected chi connectivity index (χ0v) is 13.1. The van der Waals surface area contributed by atoms with Gasteiger partial charge in [0.25, 0.3) is 0 Å². The van der Waals surface area contributed by atoms with Crippen LogP contribution in [0.25, 0.3) is 0 Å². The van der Waals surface area contributed by atoms with Gasteiger partial charge in [0, 0.05) is 19.9 Å². The van der Waals surface area contributed by atoms with E-state index in [1.807, 2.05) is 30.5 Å². The van der Waals surface area contributed by atoms with Crippen LogP contribution in [0.15, 0.2) is 47.1 Å². The van der Waals surface area contributed by atoms with E-state index in [4.69, 9.17) is 0 Å². The number of pyridine rings is 1. The number of aromatic nitrogens is 1. The van der Waals surface area contributed by atoms with Crippen LogP contribution in [0.2, 0.25) is 0 Å². The average molecular weight is 403 g/mol. The molecule has 17 heavy (non-hydrogen) atoms. The molecule has 2 aromatic rings. The van der Waals surface area contributed by atoms with E-state index >= 15 is 0 Å². The van der Waals surface area contributed by atoms with Crippen molar-refractivity contribution >= 4 is 44.2 Å². The molecule has 0 aliphatic heterocycles. The van der Waals surface area contributed by atoms with Gasteiger partial charge in [0.1, 0.15) is 0 Å². The zero-order chi connectivity index (χ0) is 12.3. The highest BCUT2D eigenvalue weighted by molar-refractivity contribution is 14.1. The summed E-state index contributed by atoms with van der Waals surface area (Å²) in [5.41, 5.74) is 2.17. The maximum absolute atomic E-state index is 4.35. The van der Waals surface area contributed by atoms with Crippen LogP contribution in [-0.4, -0.2) is 4.98 Å². The van der Waals surface area contributed by atoms with Crippen LogP contribution in [0.5, 0.6) is 0 Å². The summed E-state index contributed by atoms with van der Waals surface area (Å²) < 4.78 is 2.28. The Morgan fingerprint density at radius 2 is 2.12 bits per heavy atom. The van der Waals surface area contributed by atoms with Gasteiger partial charge in [-0.1, -0.05) is 22.0 Å². The summed E-state index contributed by atoms with van der Waals surface area (Å²) >= 11 is 5.81. The number of nitrogens with zero attached hydrogens (tertiary/aromatic N) is 1. The monoisotopic (exact) mass is 402 g/mol. The van der Waals surface area contributed by atoms with Crippen molar-refractivity contribution in [2.45, 2.75) is 13.0 Å². The first kappa shape index (κ1) is 12.8. The lowest BCUT2D eigenvalue weighted by Crippen LogP contribution is -2.09. The van der Waals surface area contributed by atoms with Gasteiger partial charge in [-0.3, -0.25) is 4.98 Å². The van der Waals surface area contributed by atoms with Gasteiger partial charge in [-0.05, 0) is 59.8 Å². The maximum Gasteiger partial charge on any atom is 0.0657 e. The molecule has 0 radical (unpaired) electrons. The van der Waals surface area contributed by atoms with Crippen LogP contribution in [0.3, 0.4) is 0 Å². The number of hydrogen-bond acceptors (Lipinski definition) is 2. The minimum absolute atomic E-state index is 0.194. The molecule has 0 spiro atoms. The largest absolute Gasteiger partial charge is 0.376 e. The number of rotatable bonds is 3. The van der Waals surface area contributed by atoms with E-state index in [9.17, 15) is 0 Å². The van der Waals surface area contributed by atoms with E-state index in [-0.39, 0.29) is 6.04 Å². The van der Waals surface area contributed by atoms with Crippen LogP contribution < -0.4 is 5.32 Å². The number of benzene rings is 1. The van der Waals surface area contributed by atoms with Gasteiger partial charge in [-0.2, -0.15) is 0 Å². The van der Waals surface area contributed by atoms with Crippen LogP contribution in [0.1, 0.15) is 18.7 Å². The van der Waals surface area contributed by atoms with Gasteiger partial charge in [-0.25, -0.2) is 0 Å². The first-order valence-electron chi connectivity index (χ1n) is 5.29. The van der Waals surface area contributed by atoms with Gasteiger partial charge in [0.2, 0.25) is 0 Å². The zero-order valence-electron chi connectivity index (χ0n) is 9.32. The normalized spacial score (nSPS) is 12.2. The van der Waals surface area contributed by atoms with Crippen molar-refractivity contribution in [3.8, 4) is 0 Å². The molecule has 0 saturated carbocycles. The fraction of sp³-hybridized carbons (Fsp3) is 0.154. The lowest BCUT2D eigenvalue weighted by molar-refractivity contribution is 0.838. The van der Waals surface area contributed by atoms with E-state index in [1.165, 1.54) is 3.57 Å². The second-order valence-electron chi connectivity index (χ2n) is 3.74. The Morgan fingerprint density at radius 3 is 2.82 bits per heavy atom. The van der Waals surface area contributed by atoms with E-state index in [0.29, 0.717) is 0 Å². The van der Waals surface area contributed by atoms with Crippen LogP contribution in [0.4, 0.5) is 5.69 Å². The molecule has 0 aliphatic rings. The Balaban J connectivity index is 2.18. The van der Waals surface area contributed by atoms with Crippen molar-refractivity contribution in [3.63, 3.8) is 0 Å². The third-order valence-corrected chi connectivity index (χ3v) is 3.87. The molecule has 0 amide bonds. The minimum Gasteiger partial charge on any atom is -0.376 e. The summed E-state index contributed by atoms with van der Waals surface area (Å²) in [7, 11) is 0. The lowest BCUT2D eigenvalue weighted by atomic mass is 10.2. The number of hydrogen-bond donors (Lipinski definition) is 1. The summed E-state index contributed by atoms with van der Waals surface area (Å²) in [6, 6.07) is 12.4. The molecule has 1 heterocycles. The predicted octanol–water partition coefficient (Wildman–Crippen LogP) is 4.62. The minimum atomic E-state index is 0.194. The molecule has 1 atom stereocenters. The number of anilines is 1. The summed E-state index contributed by atoms with van der Waals surface area (Å²) in [4.78, 5) is 4.35. The second kappa shape index (κ2) is 5.82. The highest BCUT2D eigenvalue weighted by Crippen LogP contribution is 2.26. The van der Waals surface area contributed by atoms with Gasteiger partial charge >= 0.3 is 0 Å².